The zero-order valence-corrected chi connectivity index (χ0v) is 15.5. The van der Waals surface area contributed by atoms with Gasteiger partial charge in [0, 0.05) is 5.75 Å². The summed E-state index contributed by atoms with van der Waals surface area (Å²) in [6.45, 7) is 2.23. The molecule has 0 radical (unpaired) electrons. The first-order valence-corrected chi connectivity index (χ1v) is 7.80. The first-order chi connectivity index (χ1) is 8.22. The van der Waals surface area contributed by atoms with Crippen molar-refractivity contribution in [3.63, 3.8) is 0 Å². The molecule has 1 rings (SSSR count). The van der Waals surface area contributed by atoms with E-state index in [1.165, 1.54) is 38.5 Å². The van der Waals surface area contributed by atoms with Gasteiger partial charge in [-0.2, -0.15) is 4.98 Å². The van der Waals surface area contributed by atoms with Gasteiger partial charge in [0.1, 0.15) is 0 Å². The first kappa shape index (κ1) is 18.8. The monoisotopic (exact) mass is 311 g/mol. The molecule has 0 saturated carbocycles. The number of unbranched alkanes of at least 4 members (excludes halogenated alkanes) is 5. The van der Waals surface area contributed by atoms with Gasteiger partial charge in [0.05, 0.1) is 0 Å². The summed E-state index contributed by atoms with van der Waals surface area (Å²) in [5.41, 5.74) is 0. The first-order valence-electron chi connectivity index (χ1n) is 6.00. The number of thioether (sulfide) groups is 1. The molecule has 0 spiro atoms. The average molecular weight is 311 g/mol. The second-order valence-electron chi connectivity index (χ2n) is 3.86. The fourth-order valence-electron chi connectivity index (χ4n) is 1.46. The van der Waals surface area contributed by atoms with Crippen LogP contribution < -0.4 is 29.6 Å². The number of nitrogens with one attached hydrogen (secondary N) is 1. The molecule has 1 aromatic rings. The molecule has 1 N–H and O–H groups in total. The van der Waals surface area contributed by atoms with Gasteiger partial charge in [-0.05, 0) is 23.8 Å². The molecule has 0 saturated heterocycles. The van der Waals surface area contributed by atoms with Gasteiger partial charge in [0.2, 0.25) is 0 Å². The van der Waals surface area contributed by atoms with E-state index >= 15 is 0 Å². The van der Waals surface area contributed by atoms with Crippen LogP contribution in [0.4, 0.5) is 0 Å². The summed E-state index contributed by atoms with van der Waals surface area (Å²) in [6.07, 6.45) is 7.82. The molecular weight excluding hydrogens is 293 g/mol. The Kier molecular flexibility index (Phi) is 12.1. The van der Waals surface area contributed by atoms with E-state index in [1.807, 2.05) is 0 Å². The van der Waals surface area contributed by atoms with Crippen LogP contribution in [0.5, 0.6) is 0 Å². The Bertz CT molecular complexity index is 384. The summed E-state index contributed by atoms with van der Waals surface area (Å²) in [6, 6.07) is 0. The Morgan fingerprint density at radius 3 is 2.50 bits per heavy atom. The maximum atomic E-state index is 4.95. The maximum Gasteiger partial charge on any atom is 1.00 e. The van der Waals surface area contributed by atoms with Crippen LogP contribution in [0, 0.1) is 4.77 Å². The number of rotatable bonds is 8. The molecular formula is C11H18N3NaS3. The summed E-state index contributed by atoms with van der Waals surface area (Å²) < 4.78 is 0.426. The molecule has 0 amide bonds. The summed E-state index contributed by atoms with van der Waals surface area (Å²) in [4.78, 5) is 11.0. The van der Waals surface area contributed by atoms with E-state index in [0.29, 0.717) is 15.1 Å². The number of hydrogen-bond donors (Lipinski definition) is 1. The minimum Gasteiger partial charge on any atom is -0.742 e. The third-order valence-corrected chi connectivity index (χ3v) is 3.66. The van der Waals surface area contributed by atoms with Gasteiger partial charge in [0.15, 0.2) is 9.93 Å². The van der Waals surface area contributed by atoms with Crippen molar-refractivity contribution in [3.05, 3.63) is 4.77 Å². The summed E-state index contributed by atoms with van der Waals surface area (Å²) in [5.74, 6) is 1.04. The third kappa shape index (κ3) is 8.82. The van der Waals surface area contributed by atoms with Crippen LogP contribution in [0.25, 0.3) is 0 Å². The minimum absolute atomic E-state index is 0. The van der Waals surface area contributed by atoms with Crippen LogP contribution in [0.15, 0.2) is 10.3 Å². The standard InChI is InChI=1S/C11H19N3S3.Na/c1-2-3-4-5-6-7-8-17-11-13-9(15)12-10(16)14-11;/h2-8H2,1H3,(H2,12,13,14,15,16);/q;+1/p-1. The fourth-order valence-corrected chi connectivity index (χ4v) is 2.85. The molecule has 7 heteroatoms. The van der Waals surface area contributed by atoms with Crippen LogP contribution in [0.2, 0.25) is 0 Å². The van der Waals surface area contributed by atoms with Crippen molar-refractivity contribution in [2.24, 2.45) is 0 Å². The molecule has 0 unspecified atom stereocenters. The quantitative estimate of drug-likeness (QED) is 0.254. The molecule has 3 nitrogen and oxygen atoms in total. The fraction of sp³-hybridized carbons (Fsp3) is 0.727. The molecule has 0 aliphatic carbocycles. The number of aromatic nitrogens is 3. The molecule has 0 atom stereocenters. The molecule has 0 aliphatic heterocycles. The van der Waals surface area contributed by atoms with Crippen molar-refractivity contribution in [1.29, 1.82) is 0 Å². The van der Waals surface area contributed by atoms with Gasteiger partial charge in [-0.15, -0.1) is 0 Å². The van der Waals surface area contributed by atoms with Crippen LogP contribution in [-0.4, -0.2) is 20.7 Å². The Morgan fingerprint density at radius 1 is 1.17 bits per heavy atom. The van der Waals surface area contributed by atoms with E-state index in [1.54, 1.807) is 11.8 Å². The predicted molar refractivity (Wildman–Crippen MR) is 76.9 cm³/mol. The number of aromatic amines is 1. The van der Waals surface area contributed by atoms with E-state index in [9.17, 15) is 0 Å². The van der Waals surface area contributed by atoms with Gasteiger partial charge < -0.3 is 17.6 Å². The van der Waals surface area contributed by atoms with E-state index < -0.39 is 0 Å². The third-order valence-electron chi connectivity index (χ3n) is 2.34. The van der Waals surface area contributed by atoms with Crippen molar-refractivity contribution < 1.29 is 29.6 Å². The Balaban J connectivity index is 0.00000289. The normalized spacial score (nSPS) is 10.1. The second kappa shape index (κ2) is 11.6. The SMILES string of the molecule is CCCCCCCCSc1nc([S-])[nH]c(=S)n1.[Na+]. The van der Waals surface area contributed by atoms with Gasteiger partial charge in [-0.1, -0.05) is 50.8 Å². The van der Waals surface area contributed by atoms with E-state index in [-0.39, 0.29) is 29.6 Å². The zero-order valence-electron chi connectivity index (χ0n) is 11.1. The molecule has 96 valence electrons. The molecule has 1 aromatic heterocycles. The average Bonchev–Trinajstić information content (AvgIpc) is 2.26. The van der Waals surface area contributed by atoms with Crippen LogP contribution >= 0.6 is 24.0 Å². The van der Waals surface area contributed by atoms with Crippen LogP contribution in [0.3, 0.4) is 0 Å². The molecule has 18 heavy (non-hydrogen) atoms. The van der Waals surface area contributed by atoms with Gasteiger partial charge >= 0.3 is 29.6 Å². The molecule has 0 bridgehead atoms. The van der Waals surface area contributed by atoms with Gasteiger partial charge in [-0.25, -0.2) is 4.98 Å². The predicted octanol–water partition coefficient (Wildman–Crippen LogP) is 0.897. The molecule has 1 heterocycles. The number of H-pyrrole nitrogens is 1. The van der Waals surface area contributed by atoms with Crippen molar-refractivity contribution in [2.75, 3.05) is 5.75 Å². The Labute approximate surface area is 146 Å². The maximum absolute atomic E-state index is 4.95. The van der Waals surface area contributed by atoms with Crippen molar-refractivity contribution in [3.8, 4) is 0 Å². The smallest absolute Gasteiger partial charge is 0.742 e. The Hall–Kier alpha value is 0.800. The minimum atomic E-state index is 0. The van der Waals surface area contributed by atoms with Crippen LogP contribution in [-0.2, 0) is 12.6 Å². The summed E-state index contributed by atoms with van der Waals surface area (Å²) >= 11 is 11.5. The van der Waals surface area contributed by atoms with Crippen molar-refractivity contribution in [2.45, 2.75) is 55.8 Å². The second-order valence-corrected chi connectivity index (χ2v) is 5.69. The van der Waals surface area contributed by atoms with Crippen molar-refractivity contribution in [1.82, 2.24) is 15.0 Å². The van der Waals surface area contributed by atoms with Crippen LogP contribution in [0.1, 0.15) is 45.4 Å². The molecule has 0 aromatic carbocycles. The molecule has 0 fully saturated rings. The zero-order chi connectivity index (χ0) is 12.5. The van der Waals surface area contributed by atoms with E-state index in [0.717, 1.165) is 5.75 Å². The van der Waals surface area contributed by atoms with E-state index in [4.69, 9.17) is 24.8 Å². The Morgan fingerprint density at radius 2 is 1.83 bits per heavy atom. The number of nitrogens with zero attached hydrogens (tertiary/aromatic N) is 2. The summed E-state index contributed by atoms with van der Waals surface area (Å²) in [5, 5.41) is 1.13. The van der Waals surface area contributed by atoms with Gasteiger partial charge in [-0.3, -0.25) is 0 Å². The topological polar surface area (TPSA) is 41.6 Å². The molecule has 0 aliphatic rings. The number of hydrogen-bond acceptors (Lipinski definition) is 5. The van der Waals surface area contributed by atoms with E-state index in [2.05, 4.69) is 21.9 Å². The summed E-state index contributed by atoms with van der Waals surface area (Å²) in [7, 11) is 0. The van der Waals surface area contributed by atoms with Gasteiger partial charge in [0.25, 0.3) is 0 Å². The van der Waals surface area contributed by atoms with Crippen molar-refractivity contribution >= 4 is 36.6 Å². The largest absolute Gasteiger partial charge is 1.00 e.